The summed E-state index contributed by atoms with van der Waals surface area (Å²) >= 11 is 0. The summed E-state index contributed by atoms with van der Waals surface area (Å²) < 4.78 is 72.4. The van der Waals surface area contributed by atoms with Crippen molar-refractivity contribution in [3.8, 4) is 5.75 Å². The van der Waals surface area contributed by atoms with Gasteiger partial charge in [0.1, 0.15) is 5.75 Å². The van der Waals surface area contributed by atoms with Gasteiger partial charge in [0.25, 0.3) is 0 Å². The molecule has 0 heterocycles. The van der Waals surface area contributed by atoms with Gasteiger partial charge in [-0.3, -0.25) is 0 Å². The molecule has 0 radical (unpaired) electrons. The van der Waals surface area contributed by atoms with E-state index in [0.717, 1.165) is 24.3 Å². The summed E-state index contributed by atoms with van der Waals surface area (Å²) in [7, 11) is 1.33. The smallest absolute Gasteiger partial charge is 0.457 e. The first kappa shape index (κ1) is 18.2. The van der Waals surface area contributed by atoms with Crippen LogP contribution in [0.5, 0.6) is 5.75 Å². The van der Waals surface area contributed by atoms with Crippen molar-refractivity contribution in [2.75, 3.05) is 7.11 Å². The molecule has 130 valence electrons. The third-order valence-electron chi connectivity index (χ3n) is 3.75. The summed E-state index contributed by atoms with van der Waals surface area (Å²) in [5.41, 5.74) is -4.26. The highest BCUT2D eigenvalue weighted by Crippen LogP contribution is 2.51. The minimum atomic E-state index is -5.94. The van der Waals surface area contributed by atoms with Crippen LogP contribution in [0.4, 0.5) is 22.0 Å². The van der Waals surface area contributed by atoms with E-state index in [4.69, 9.17) is 4.74 Å². The van der Waals surface area contributed by atoms with Gasteiger partial charge in [-0.15, -0.1) is 0 Å². The Morgan fingerprint density at radius 3 is 1.92 bits per heavy atom. The minimum absolute atomic E-state index is 0.265. The van der Waals surface area contributed by atoms with Gasteiger partial charge >= 0.3 is 12.1 Å². The maximum Gasteiger partial charge on any atom is 0.457 e. The highest BCUT2D eigenvalue weighted by atomic mass is 19.4. The van der Waals surface area contributed by atoms with Gasteiger partial charge in [-0.2, -0.15) is 22.0 Å². The molecule has 0 saturated carbocycles. The van der Waals surface area contributed by atoms with Crippen LogP contribution in [-0.2, 0) is 5.60 Å². The zero-order chi connectivity index (χ0) is 18.2. The van der Waals surface area contributed by atoms with Gasteiger partial charge in [0, 0.05) is 0 Å². The number of rotatable bonds is 4. The summed E-state index contributed by atoms with van der Waals surface area (Å²) in [4.78, 5) is 0. The van der Waals surface area contributed by atoms with Gasteiger partial charge in [0.2, 0.25) is 0 Å². The molecular formula is C17H15F5O2. The van der Waals surface area contributed by atoms with E-state index in [1.807, 2.05) is 0 Å². The maximum absolute atomic E-state index is 14.3. The van der Waals surface area contributed by atoms with Crippen LogP contribution in [0.1, 0.15) is 16.7 Å². The Labute approximate surface area is 135 Å². The topological polar surface area (TPSA) is 29.5 Å². The number of hydrogen-bond acceptors (Lipinski definition) is 2. The Bertz CT molecular complexity index is 710. The molecule has 24 heavy (non-hydrogen) atoms. The highest BCUT2D eigenvalue weighted by Gasteiger charge is 2.71. The Balaban J connectivity index is 2.74. The monoisotopic (exact) mass is 346 g/mol. The molecule has 1 N–H and O–H groups in total. The average Bonchev–Trinajstić information content (AvgIpc) is 2.53. The van der Waals surface area contributed by atoms with Crippen molar-refractivity contribution in [2.24, 2.45) is 0 Å². The number of methoxy groups -OCH3 is 1. The molecule has 2 aromatic carbocycles. The molecule has 2 aromatic rings. The Morgan fingerprint density at radius 1 is 0.875 bits per heavy atom. The maximum atomic E-state index is 14.3. The first-order valence-electron chi connectivity index (χ1n) is 6.92. The first-order valence-corrected chi connectivity index (χ1v) is 6.92. The quantitative estimate of drug-likeness (QED) is 0.830. The van der Waals surface area contributed by atoms with Crippen molar-refractivity contribution in [3.05, 3.63) is 65.2 Å². The zero-order valence-electron chi connectivity index (χ0n) is 12.9. The summed E-state index contributed by atoms with van der Waals surface area (Å²) in [5, 5.41) is 10.6. The highest BCUT2D eigenvalue weighted by molar-refractivity contribution is 5.43. The van der Waals surface area contributed by atoms with Crippen LogP contribution in [0.2, 0.25) is 0 Å². The second-order valence-electron chi connectivity index (χ2n) is 5.38. The van der Waals surface area contributed by atoms with Gasteiger partial charge in [0.15, 0.2) is 5.60 Å². The van der Waals surface area contributed by atoms with Gasteiger partial charge in [0.05, 0.1) is 7.11 Å². The molecule has 0 spiro atoms. The van der Waals surface area contributed by atoms with Gasteiger partial charge in [-0.05, 0) is 30.2 Å². The second-order valence-corrected chi connectivity index (χ2v) is 5.38. The molecule has 7 heteroatoms. The second kappa shape index (κ2) is 6.05. The predicted molar refractivity (Wildman–Crippen MR) is 78.2 cm³/mol. The standard InChI is InChI=1S/C17H15F5O2/c1-11-4-3-5-13(10-11)15(23,16(18,19)17(20,21)22)12-6-8-14(24-2)9-7-12/h3-10,23H,1-2H3. The Kier molecular flexibility index (Phi) is 4.59. The van der Waals surface area contributed by atoms with E-state index in [1.165, 1.54) is 38.3 Å². The molecule has 0 aliphatic rings. The molecule has 0 aliphatic heterocycles. The van der Waals surface area contributed by atoms with E-state index >= 15 is 0 Å². The molecule has 1 unspecified atom stereocenters. The van der Waals surface area contributed by atoms with E-state index in [1.54, 1.807) is 0 Å². The predicted octanol–water partition coefficient (Wildman–Crippen LogP) is 4.44. The van der Waals surface area contributed by atoms with Crippen molar-refractivity contribution < 1.29 is 31.8 Å². The lowest BCUT2D eigenvalue weighted by molar-refractivity contribution is -0.336. The number of aryl methyl sites for hydroxylation is 1. The molecule has 0 aliphatic carbocycles. The van der Waals surface area contributed by atoms with Crippen LogP contribution in [0.25, 0.3) is 0 Å². The van der Waals surface area contributed by atoms with Crippen LogP contribution < -0.4 is 4.74 Å². The van der Waals surface area contributed by atoms with E-state index in [2.05, 4.69) is 0 Å². The summed E-state index contributed by atoms with van der Waals surface area (Å²) in [6.45, 7) is 1.53. The van der Waals surface area contributed by atoms with E-state index in [9.17, 15) is 27.1 Å². The molecular weight excluding hydrogens is 331 g/mol. The molecule has 0 fully saturated rings. The fourth-order valence-corrected chi connectivity index (χ4v) is 2.44. The van der Waals surface area contributed by atoms with Crippen molar-refractivity contribution in [1.82, 2.24) is 0 Å². The van der Waals surface area contributed by atoms with Crippen LogP contribution in [-0.4, -0.2) is 24.3 Å². The number of benzene rings is 2. The fraction of sp³-hybridized carbons (Fsp3) is 0.294. The molecule has 2 nitrogen and oxygen atoms in total. The Hall–Kier alpha value is -2.15. The molecule has 0 saturated heterocycles. The largest absolute Gasteiger partial charge is 0.497 e. The van der Waals surface area contributed by atoms with Crippen molar-refractivity contribution in [3.63, 3.8) is 0 Å². The van der Waals surface area contributed by atoms with Crippen LogP contribution in [0.15, 0.2) is 48.5 Å². The SMILES string of the molecule is COc1ccc(C(O)(c2cccc(C)c2)C(F)(F)C(F)(F)F)cc1. The van der Waals surface area contributed by atoms with Crippen LogP contribution >= 0.6 is 0 Å². The lowest BCUT2D eigenvalue weighted by atomic mass is 9.80. The number of hydrogen-bond donors (Lipinski definition) is 1. The normalized spacial score (nSPS) is 15.0. The van der Waals surface area contributed by atoms with Crippen molar-refractivity contribution in [1.29, 1.82) is 0 Å². The lowest BCUT2D eigenvalue weighted by Crippen LogP contribution is -2.55. The first-order chi connectivity index (χ1) is 11.0. The zero-order valence-corrected chi connectivity index (χ0v) is 12.9. The van der Waals surface area contributed by atoms with Crippen LogP contribution in [0.3, 0.4) is 0 Å². The minimum Gasteiger partial charge on any atom is -0.497 e. The summed E-state index contributed by atoms with van der Waals surface area (Å²) in [6, 6.07) is 9.38. The van der Waals surface area contributed by atoms with Gasteiger partial charge in [-0.25, -0.2) is 0 Å². The number of halogens is 5. The number of alkyl halides is 5. The van der Waals surface area contributed by atoms with Crippen molar-refractivity contribution >= 4 is 0 Å². The number of aliphatic hydroxyl groups is 1. The third-order valence-corrected chi connectivity index (χ3v) is 3.75. The molecule has 0 bridgehead atoms. The van der Waals surface area contributed by atoms with Crippen molar-refractivity contribution in [2.45, 2.75) is 24.6 Å². The molecule has 2 rings (SSSR count). The van der Waals surface area contributed by atoms with Gasteiger partial charge in [-0.1, -0.05) is 42.0 Å². The average molecular weight is 346 g/mol. The van der Waals surface area contributed by atoms with E-state index in [0.29, 0.717) is 5.56 Å². The number of ether oxygens (including phenoxy) is 1. The molecule has 0 amide bonds. The summed E-state index contributed by atoms with van der Waals surface area (Å²) in [6.07, 6.45) is -5.94. The van der Waals surface area contributed by atoms with E-state index in [-0.39, 0.29) is 5.75 Å². The lowest BCUT2D eigenvalue weighted by Gasteiger charge is -2.37. The molecule has 1 atom stereocenters. The fourth-order valence-electron chi connectivity index (χ4n) is 2.44. The van der Waals surface area contributed by atoms with E-state index < -0.39 is 28.8 Å². The third kappa shape index (κ3) is 2.84. The Morgan fingerprint density at radius 2 is 1.46 bits per heavy atom. The van der Waals surface area contributed by atoms with Crippen LogP contribution in [0, 0.1) is 6.92 Å². The summed E-state index contributed by atoms with van der Waals surface area (Å²) in [5.74, 6) is -5.14. The molecule has 0 aromatic heterocycles. The van der Waals surface area contributed by atoms with Gasteiger partial charge < -0.3 is 9.84 Å².